The molecular weight excluding hydrogens is 310 g/mol. The van der Waals surface area contributed by atoms with Crippen LogP contribution in [-0.2, 0) is 17.9 Å². The third kappa shape index (κ3) is 2.93. The number of rotatable bonds is 4. The lowest BCUT2D eigenvalue weighted by atomic mass is 9.96. The van der Waals surface area contributed by atoms with Crippen molar-refractivity contribution in [3.05, 3.63) is 40.2 Å². The number of piperidine rings is 1. The average Bonchev–Trinajstić information content (AvgIpc) is 3.25. The highest BCUT2D eigenvalue weighted by atomic mass is 32.1. The summed E-state index contributed by atoms with van der Waals surface area (Å²) in [7, 11) is 0. The van der Waals surface area contributed by atoms with E-state index in [1.807, 2.05) is 19.1 Å². The van der Waals surface area contributed by atoms with Gasteiger partial charge in [0.25, 0.3) is 0 Å². The Morgan fingerprint density at radius 2 is 2.26 bits per heavy atom. The molecule has 0 spiro atoms. The Morgan fingerprint density at radius 3 is 3.00 bits per heavy atom. The second-order valence-electron chi connectivity index (χ2n) is 6.39. The molecule has 2 fully saturated rings. The lowest BCUT2D eigenvalue weighted by Gasteiger charge is -2.39. The summed E-state index contributed by atoms with van der Waals surface area (Å²) in [5.41, 5.74) is 1.02. The highest BCUT2D eigenvalue weighted by molar-refractivity contribution is 7.09. The molecular formula is C17H21N3O2S. The quantitative estimate of drug-likeness (QED) is 0.864. The minimum atomic E-state index is 0.275. The third-order valence-corrected chi connectivity index (χ3v) is 5.76. The maximum absolute atomic E-state index is 12.4. The fourth-order valence-corrected chi connectivity index (χ4v) is 4.50. The van der Waals surface area contributed by atoms with Gasteiger partial charge in [0.05, 0.1) is 30.1 Å². The minimum Gasteiger partial charge on any atom is -0.468 e. The van der Waals surface area contributed by atoms with E-state index in [-0.39, 0.29) is 5.91 Å². The zero-order chi connectivity index (χ0) is 15.8. The molecule has 4 heterocycles. The molecule has 122 valence electrons. The molecule has 0 unspecified atom stereocenters. The molecule has 0 bridgehead atoms. The molecule has 2 aliphatic heterocycles. The van der Waals surface area contributed by atoms with Crippen LogP contribution in [0.4, 0.5) is 0 Å². The number of carbonyl (C=O) groups is 1. The molecule has 0 saturated carbocycles. The average molecular weight is 331 g/mol. The number of amides is 1. The van der Waals surface area contributed by atoms with Crippen LogP contribution in [0.5, 0.6) is 0 Å². The first-order chi connectivity index (χ1) is 11.2. The molecule has 2 saturated heterocycles. The van der Waals surface area contributed by atoms with Crippen LogP contribution in [-0.4, -0.2) is 39.3 Å². The standard InChI is InChI=1S/C17H21N3O2S/c1-12-18-13(11-23-12)9-20-16-6-7-19(10-14-3-2-8-22-14)15(16)4-5-17(20)21/h2-3,8,11,15-16H,4-7,9-10H2,1H3/t15-,16+/m1/s1. The van der Waals surface area contributed by atoms with Gasteiger partial charge in [-0.2, -0.15) is 0 Å². The second-order valence-corrected chi connectivity index (χ2v) is 7.45. The Bertz CT molecular complexity index is 682. The summed E-state index contributed by atoms with van der Waals surface area (Å²) in [4.78, 5) is 21.5. The van der Waals surface area contributed by atoms with Crippen LogP contribution in [0.2, 0.25) is 0 Å². The second kappa shape index (κ2) is 6.09. The van der Waals surface area contributed by atoms with Crippen molar-refractivity contribution < 1.29 is 9.21 Å². The maximum atomic E-state index is 12.4. The summed E-state index contributed by atoms with van der Waals surface area (Å²) in [5, 5.41) is 3.13. The van der Waals surface area contributed by atoms with Crippen LogP contribution in [0, 0.1) is 6.92 Å². The van der Waals surface area contributed by atoms with Gasteiger partial charge in [0.1, 0.15) is 5.76 Å². The van der Waals surface area contributed by atoms with Crippen molar-refractivity contribution in [2.45, 2.75) is 51.4 Å². The summed E-state index contributed by atoms with van der Waals surface area (Å²) in [6, 6.07) is 4.71. The van der Waals surface area contributed by atoms with Gasteiger partial charge >= 0.3 is 0 Å². The molecule has 4 rings (SSSR count). The van der Waals surface area contributed by atoms with Gasteiger partial charge in [-0.3, -0.25) is 9.69 Å². The van der Waals surface area contributed by atoms with Crippen LogP contribution < -0.4 is 0 Å². The lowest BCUT2D eigenvalue weighted by molar-refractivity contribution is -0.138. The van der Waals surface area contributed by atoms with Crippen molar-refractivity contribution >= 4 is 17.2 Å². The van der Waals surface area contributed by atoms with Gasteiger partial charge in [0, 0.05) is 30.4 Å². The Labute approximate surface area is 139 Å². The Morgan fingerprint density at radius 1 is 1.35 bits per heavy atom. The molecule has 0 radical (unpaired) electrons. The van der Waals surface area contributed by atoms with Crippen molar-refractivity contribution in [1.29, 1.82) is 0 Å². The predicted molar refractivity (Wildman–Crippen MR) is 87.9 cm³/mol. The topological polar surface area (TPSA) is 49.6 Å². The van der Waals surface area contributed by atoms with E-state index in [0.29, 0.717) is 25.0 Å². The predicted octanol–water partition coefficient (Wildman–Crippen LogP) is 2.81. The SMILES string of the molecule is Cc1nc(CN2C(=O)CC[C@@H]3[C@@H]2CCN3Cc2ccco2)cs1. The first-order valence-electron chi connectivity index (χ1n) is 8.17. The largest absolute Gasteiger partial charge is 0.468 e. The van der Waals surface area contributed by atoms with Gasteiger partial charge in [-0.25, -0.2) is 4.98 Å². The highest BCUT2D eigenvalue weighted by Crippen LogP contribution is 2.33. The van der Waals surface area contributed by atoms with E-state index >= 15 is 0 Å². The summed E-state index contributed by atoms with van der Waals surface area (Å²) in [5.74, 6) is 1.28. The van der Waals surface area contributed by atoms with Crippen molar-refractivity contribution in [1.82, 2.24) is 14.8 Å². The summed E-state index contributed by atoms with van der Waals surface area (Å²) in [6.45, 7) is 4.52. The zero-order valence-corrected chi connectivity index (χ0v) is 14.1. The fourth-order valence-electron chi connectivity index (χ4n) is 3.90. The van der Waals surface area contributed by atoms with Crippen LogP contribution in [0.1, 0.15) is 35.7 Å². The minimum absolute atomic E-state index is 0.275. The number of furan rings is 1. The molecule has 2 aliphatic rings. The zero-order valence-electron chi connectivity index (χ0n) is 13.3. The van der Waals surface area contributed by atoms with Gasteiger partial charge < -0.3 is 9.32 Å². The molecule has 5 nitrogen and oxygen atoms in total. The van der Waals surface area contributed by atoms with Crippen LogP contribution in [0.3, 0.4) is 0 Å². The number of aryl methyl sites for hydroxylation is 1. The molecule has 2 aromatic rings. The lowest BCUT2D eigenvalue weighted by Crippen LogP contribution is -2.51. The number of fused-ring (bicyclic) bond motifs is 1. The van der Waals surface area contributed by atoms with Gasteiger partial charge in [0.2, 0.25) is 5.91 Å². The molecule has 1 amide bonds. The summed E-state index contributed by atoms with van der Waals surface area (Å²) < 4.78 is 5.49. The number of aromatic nitrogens is 1. The van der Waals surface area contributed by atoms with E-state index in [2.05, 4.69) is 20.2 Å². The highest BCUT2D eigenvalue weighted by Gasteiger charge is 2.43. The molecule has 6 heteroatoms. The molecule has 0 aromatic carbocycles. The normalized spacial score (nSPS) is 25.1. The third-order valence-electron chi connectivity index (χ3n) is 4.94. The first-order valence-corrected chi connectivity index (χ1v) is 9.05. The van der Waals surface area contributed by atoms with E-state index in [0.717, 1.165) is 42.4 Å². The van der Waals surface area contributed by atoms with Crippen molar-refractivity contribution in [3.63, 3.8) is 0 Å². The first kappa shape index (κ1) is 14.9. The van der Waals surface area contributed by atoms with Crippen molar-refractivity contribution in [2.75, 3.05) is 6.54 Å². The smallest absolute Gasteiger partial charge is 0.223 e. The van der Waals surface area contributed by atoms with E-state index in [1.165, 1.54) is 0 Å². The number of thiazole rings is 1. The van der Waals surface area contributed by atoms with Gasteiger partial charge in [-0.15, -0.1) is 11.3 Å². The Kier molecular flexibility index (Phi) is 3.95. The van der Waals surface area contributed by atoms with Gasteiger partial charge in [-0.1, -0.05) is 0 Å². The molecule has 0 aliphatic carbocycles. The Hall–Kier alpha value is -1.66. The van der Waals surface area contributed by atoms with Crippen LogP contribution in [0.25, 0.3) is 0 Å². The summed E-state index contributed by atoms with van der Waals surface area (Å²) >= 11 is 1.65. The number of hydrogen-bond donors (Lipinski definition) is 0. The fraction of sp³-hybridized carbons (Fsp3) is 0.529. The molecule has 2 atom stereocenters. The van der Waals surface area contributed by atoms with E-state index in [4.69, 9.17) is 4.42 Å². The van der Waals surface area contributed by atoms with Crippen LogP contribution in [0.15, 0.2) is 28.2 Å². The molecule has 2 aromatic heterocycles. The maximum Gasteiger partial charge on any atom is 0.223 e. The Balaban J connectivity index is 1.49. The number of hydrogen-bond acceptors (Lipinski definition) is 5. The van der Waals surface area contributed by atoms with Gasteiger partial charge in [-0.05, 0) is 31.9 Å². The van der Waals surface area contributed by atoms with Crippen molar-refractivity contribution in [3.8, 4) is 0 Å². The molecule has 0 N–H and O–H groups in total. The van der Waals surface area contributed by atoms with Crippen molar-refractivity contribution in [2.24, 2.45) is 0 Å². The van der Waals surface area contributed by atoms with E-state index in [1.54, 1.807) is 17.6 Å². The summed E-state index contributed by atoms with van der Waals surface area (Å²) in [6.07, 6.45) is 4.36. The number of nitrogens with zero attached hydrogens (tertiary/aromatic N) is 3. The van der Waals surface area contributed by atoms with Crippen LogP contribution >= 0.6 is 11.3 Å². The number of likely N-dealkylation sites (tertiary alicyclic amines) is 2. The number of carbonyl (C=O) groups excluding carboxylic acids is 1. The molecule has 23 heavy (non-hydrogen) atoms. The van der Waals surface area contributed by atoms with E-state index in [9.17, 15) is 4.79 Å². The van der Waals surface area contributed by atoms with E-state index < -0.39 is 0 Å². The van der Waals surface area contributed by atoms with Gasteiger partial charge in [0.15, 0.2) is 0 Å². The monoisotopic (exact) mass is 331 g/mol.